The first-order valence-electron chi connectivity index (χ1n) is 6.24. The smallest absolute Gasteiger partial charge is 0.244 e. The van der Waals surface area contributed by atoms with E-state index in [9.17, 15) is 8.42 Å². The maximum absolute atomic E-state index is 12.2. The molecule has 1 fully saturated rings. The predicted molar refractivity (Wildman–Crippen MR) is 68.5 cm³/mol. The molecule has 0 radical (unpaired) electrons. The number of sulfonamides is 1. The van der Waals surface area contributed by atoms with Crippen molar-refractivity contribution < 1.29 is 12.8 Å². The first-order valence-corrected chi connectivity index (χ1v) is 7.72. The molecule has 1 heterocycles. The molecule has 0 aromatic carbocycles. The van der Waals surface area contributed by atoms with Gasteiger partial charge in [-0.05, 0) is 26.2 Å². The van der Waals surface area contributed by atoms with Gasteiger partial charge in [0.1, 0.15) is 16.4 Å². The molecule has 0 amide bonds. The van der Waals surface area contributed by atoms with Crippen LogP contribution in [0.3, 0.4) is 0 Å². The summed E-state index contributed by atoms with van der Waals surface area (Å²) < 4.78 is 32.3. The summed E-state index contributed by atoms with van der Waals surface area (Å²) in [5, 5.41) is 0. The summed E-state index contributed by atoms with van der Waals surface area (Å²) in [4.78, 5) is 0.200. The fraction of sp³-hybridized carbons (Fsp3) is 0.667. The molecule has 1 aliphatic carbocycles. The summed E-state index contributed by atoms with van der Waals surface area (Å²) >= 11 is 0. The Morgan fingerprint density at radius 2 is 2.22 bits per heavy atom. The summed E-state index contributed by atoms with van der Waals surface area (Å²) in [5.41, 5.74) is 5.44. The van der Waals surface area contributed by atoms with Crippen molar-refractivity contribution in [3.8, 4) is 0 Å². The first kappa shape index (κ1) is 13.6. The maximum atomic E-state index is 12.2. The van der Waals surface area contributed by atoms with Crippen molar-refractivity contribution in [1.29, 1.82) is 0 Å². The van der Waals surface area contributed by atoms with E-state index < -0.39 is 10.0 Å². The largest absolute Gasteiger partial charge is 0.464 e. The molecule has 102 valence electrons. The maximum Gasteiger partial charge on any atom is 0.244 e. The van der Waals surface area contributed by atoms with Crippen molar-refractivity contribution >= 4 is 10.0 Å². The summed E-state index contributed by atoms with van der Waals surface area (Å²) in [6.45, 7) is 3.74. The molecule has 5 nitrogen and oxygen atoms in total. The van der Waals surface area contributed by atoms with E-state index in [1.807, 2.05) is 6.92 Å². The Hall–Kier alpha value is -0.850. The van der Waals surface area contributed by atoms with E-state index in [0.717, 1.165) is 6.42 Å². The Labute approximate surface area is 108 Å². The van der Waals surface area contributed by atoms with Gasteiger partial charge >= 0.3 is 0 Å². The number of aryl methyl sites for hydroxylation is 1. The monoisotopic (exact) mass is 272 g/mol. The average molecular weight is 272 g/mol. The minimum absolute atomic E-state index is 0.0434. The van der Waals surface area contributed by atoms with Crippen molar-refractivity contribution in [3.63, 3.8) is 0 Å². The van der Waals surface area contributed by atoms with Crippen molar-refractivity contribution in [2.24, 2.45) is 11.7 Å². The van der Waals surface area contributed by atoms with Gasteiger partial charge in [-0.2, -0.15) is 0 Å². The Bertz CT molecular complexity index is 517. The fourth-order valence-corrected chi connectivity index (χ4v) is 3.58. The van der Waals surface area contributed by atoms with E-state index in [4.69, 9.17) is 10.2 Å². The highest BCUT2D eigenvalue weighted by molar-refractivity contribution is 7.89. The number of nitrogens with two attached hydrogens (primary N) is 1. The minimum Gasteiger partial charge on any atom is -0.464 e. The van der Waals surface area contributed by atoms with Crippen LogP contribution in [-0.4, -0.2) is 14.5 Å². The highest BCUT2D eigenvalue weighted by Gasteiger charge is 2.27. The number of hydrogen-bond acceptors (Lipinski definition) is 4. The summed E-state index contributed by atoms with van der Waals surface area (Å²) in [6.07, 6.45) is 3.34. The molecular weight excluding hydrogens is 252 g/mol. The van der Waals surface area contributed by atoms with E-state index >= 15 is 0 Å². The SMILES string of the molecule is Cc1oc(CN)cc1S(=O)(=O)NC(C)CC1CC1. The van der Waals surface area contributed by atoms with Crippen molar-refractivity contribution in [2.45, 2.75) is 50.6 Å². The Morgan fingerprint density at radius 1 is 1.56 bits per heavy atom. The number of hydrogen-bond donors (Lipinski definition) is 2. The Kier molecular flexibility index (Phi) is 3.79. The molecule has 1 aliphatic rings. The summed E-state index contributed by atoms with van der Waals surface area (Å²) in [5.74, 6) is 1.57. The van der Waals surface area contributed by atoms with E-state index in [2.05, 4.69) is 4.72 Å². The van der Waals surface area contributed by atoms with Crippen LogP contribution in [0.2, 0.25) is 0 Å². The minimum atomic E-state index is -3.50. The molecule has 3 N–H and O–H groups in total. The second kappa shape index (κ2) is 5.03. The number of nitrogens with one attached hydrogen (secondary N) is 1. The van der Waals surface area contributed by atoms with Gasteiger partial charge < -0.3 is 10.2 Å². The van der Waals surface area contributed by atoms with Gasteiger partial charge in [-0.3, -0.25) is 0 Å². The van der Waals surface area contributed by atoms with Gasteiger partial charge in [0, 0.05) is 12.1 Å². The molecule has 18 heavy (non-hydrogen) atoms. The molecule has 1 unspecified atom stereocenters. The van der Waals surface area contributed by atoms with Gasteiger partial charge in [0.2, 0.25) is 10.0 Å². The van der Waals surface area contributed by atoms with Crippen LogP contribution >= 0.6 is 0 Å². The number of furan rings is 1. The summed E-state index contributed by atoms with van der Waals surface area (Å²) in [7, 11) is -3.50. The van der Waals surface area contributed by atoms with Gasteiger partial charge in [0.05, 0.1) is 6.54 Å². The third-order valence-corrected chi connectivity index (χ3v) is 4.85. The van der Waals surface area contributed by atoms with Crippen LogP contribution in [0.25, 0.3) is 0 Å². The van der Waals surface area contributed by atoms with E-state index in [0.29, 0.717) is 17.4 Å². The van der Waals surface area contributed by atoms with Crippen LogP contribution in [0.1, 0.15) is 37.7 Å². The van der Waals surface area contributed by atoms with Gasteiger partial charge in [-0.1, -0.05) is 12.8 Å². The van der Waals surface area contributed by atoms with Crippen LogP contribution < -0.4 is 10.5 Å². The zero-order valence-corrected chi connectivity index (χ0v) is 11.6. The van der Waals surface area contributed by atoms with Gasteiger partial charge in [-0.25, -0.2) is 13.1 Å². The standard InChI is InChI=1S/C12H20N2O3S/c1-8(5-10-3-4-10)14-18(15,16)12-6-11(7-13)17-9(12)2/h6,8,10,14H,3-5,7,13H2,1-2H3. The van der Waals surface area contributed by atoms with Crippen LogP contribution in [0.4, 0.5) is 0 Å². The van der Waals surface area contributed by atoms with Crippen LogP contribution in [0.15, 0.2) is 15.4 Å². The van der Waals surface area contributed by atoms with Gasteiger partial charge in [-0.15, -0.1) is 0 Å². The first-order chi connectivity index (χ1) is 8.42. The van der Waals surface area contributed by atoms with E-state index in [1.54, 1.807) is 6.92 Å². The second-order valence-electron chi connectivity index (χ2n) is 5.04. The third-order valence-electron chi connectivity index (χ3n) is 3.15. The molecular formula is C12H20N2O3S. The van der Waals surface area contributed by atoms with Crippen molar-refractivity contribution in [3.05, 3.63) is 17.6 Å². The molecule has 0 spiro atoms. The lowest BCUT2D eigenvalue weighted by Gasteiger charge is -2.13. The molecule has 0 bridgehead atoms. The Balaban J connectivity index is 2.10. The zero-order valence-electron chi connectivity index (χ0n) is 10.8. The number of rotatable bonds is 6. The quantitative estimate of drug-likeness (QED) is 0.822. The highest BCUT2D eigenvalue weighted by Crippen LogP contribution is 2.33. The van der Waals surface area contributed by atoms with E-state index in [-0.39, 0.29) is 17.5 Å². The fourth-order valence-electron chi connectivity index (χ4n) is 2.12. The molecule has 2 rings (SSSR count). The van der Waals surface area contributed by atoms with Gasteiger partial charge in [0.15, 0.2) is 0 Å². The zero-order chi connectivity index (χ0) is 13.3. The highest BCUT2D eigenvalue weighted by atomic mass is 32.2. The molecule has 6 heteroatoms. The van der Waals surface area contributed by atoms with E-state index in [1.165, 1.54) is 18.9 Å². The Morgan fingerprint density at radius 3 is 2.72 bits per heavy atom. The molecule has 0 saturated heterocycles. The lowest BCUT2D eigenvalue weighted by molar-refractivity contribution is 0.477. The van der Waals surface area contributed by atoms with Crippen LogP contribution in [0.5, 0.6) is 0 Å². The van der Waals surface area contributed by atoms with Gasteiger partial charge in [0.25, 0.3) is 0 Å². The normalized spacial score (nSPS) is 17.9. The lowest BCUT2D eigenvalue weighted by Crippen LogP contribution is -2.33. The lowest BCUT2D eigenvalue weighted by atomic mass is 10.2. The molecule has 1 saturated carbocycles. The molecule has 1 aromatic rings. The summed E-state index contributed by atoms with van der Waals surface area (Å²) in [6, 6.07) is 1.46. The van der Waals surface area contributed by atoms with Crippen molar-refractivity contribution in [2.75, 3.05) is 0 Å². The van der Waals surface area contributed by atoms with Crippen LogP contribution in [-0.2, 0) is 16.6 Å². The van der Waals surface area contributed by atoms with Crippen molar-refractivity contribution in [1.82, 2.24) is 4.72 Å². The molecule has 1 atom stereocenters. The molecule has 0 aliphatic heterocycles. The topological polar surface area (TPSA) is 85.3 Å². The third kappa shape index (κ3) is 3.13. The second-order valence-corrected chi connectivity index (χ2v) is 6.72. The predicted octanol–water partition coefficient (Wildman–Crippen LogP) is 1.51. The average Bonchev–Trinajstić information content (AvgIpc) is 2.97. The van der Waals surface area contributed by atoms with Crippen LogP contribution in [0, 0.1) is 12.8 Å². The molecule has 1 aromatic heterocycles.